The Balaban J connectivity index is 1.39. The van der Waals surface area contributed by atoms with Crippen LogP contribution in [0.2, 0.25) is 0 Å². The van der Waals surface area contributed by atoms with Crippen LogP contribution < -0.4 is 15.8 Å². The molecule has 0 aromatic heterocycles. The van der Waals surface area contributed by atoms with Gasteiger partial charge in [-0.15, -0.1) is 0 Å². The molecule has 1 aliphatic heterocycles. The molecule has 9 nitrogen and oxygen atoms in total. The molecule has 0 unspecified atom stereocenters. The zero-order chi connectivity index (χ0) is 29.4. The highest BCUT2D eigenvalue weighted by atomic mass is 32.2. The number of nitrogens with two attached hydrogens (primary N) is 1. The highest BCUT2D eigenvalue weighted by Crippen LogP contribution is 2.19. The fourth-order valence-corrected chi connectivity index (χ4v) is 5.65. The van der Waals surface area contributed by atoms with Crippen LogP contribution in [0.25, 0.3) is 0 Å². The maximum atomic E-state index is 14.1. The van der Waals surface area contributed by atoms with Crippen molar-refractivity contribution in [1.82, 2.24) is 9.80 Å². The molecule has 218 valence electrons. The Morgan fingerprint density at radius 3 is 2.44 bits per heavy atom. The number of carbonyl (C=O) groups excluding carboxylic acids is 2. The van der Waals surface area contributed by atoms with Gasteiger partial charge in [-0.05, 0) is 48.2 Å². The normalized spacial score (nSPS) is 16.7. The Morgan fingerprint density at radius 1 is 1.00 bits per heavy atom. The lowest BCUT2D eigenvalue weighted by atomic mass is 9.99. The van der Waals surface area contributed by atoms with E-state index in [2.05, 4.69) is 10.0 Å². The summed E-state index contributed by atoms with van der Waals surface area (Å²) in [6, 6.07) is 22.1. The summed E-state index contributed by atoms with van der Waals surface area (Å²) in [5, 5.41) is 2.82. The van der Waals surface area contributed by atoms with Crippen LogP contribution in [0.1, 0.15) is 17.5 Å². The monoisotopic (exact) mass is 581 g/mol. The number of hydrogen-bond acceptors (Lipinski definition) is 6. The number of halogens is 1. The van der Waals surface area contributed by atoms with Crippen molar-refractivity contribution in [2.24, 2.45) is 5.73 Å². The molecule has 4 rings (SSSR count). The van der Waals surface area contributed by atoms with Crippen molar-refractivity contribution in [3.05, 3.63) is 95.8 Å². The molecule has 2 amide bonds. The summed E-state index contributed by atoms with van der Waals surface area (Å²) < 4.78 is 39.6. The number of nitrogens with one attached hydrogen (secondary N) is 2. The third-order valence-corrected chi connectivity index (χ3v) is 7.50. The molecule has 1 heterocycles. The minimum absolute atomic E-state index is 0.0888. The zero-order valence-corrected chi connectivity index (χ0v) is 23.8. The van der Waals surface area contributed by atoms with Crippen LogP contribution in [0.3, 0.4) is 0 Å². The van der Waals surface area contributed by atoms with Crippen LogP contribution in [0.15, 0.2) is 78.9 Å². The van der Waals surface area contributed by atoms with Gasteiger partial charge in [0.15, 0.2) is 0 Å². The Labute approximate surface area is 240 Å². The van der Waals surface area contributed by atoms with Crippen LogP contribution in [0.5, 0.6) is 0 Å². The van der Waals surface area contributed by atoms with Gasteiger partial charge in [-0.2, -0.15) is 0 Å². The van der Waals surface area contributed by atoms with Crippen LogP contribution in [0.4, 0.5) is 15.8 Å². The standard InChI is InChI=1S/C30H36FN5O4S/c1-41(39,40)34-26-12-7-11-25(19-26)33-29(37)21-35-14-15-36(27(20-35)16-22-8-3-2-4-9-22)30(38)18-24(32)17-23-10-5-6-13-28(23)31/h2-13,19,24,27,34H,14-18,20-21,32H2,1H3,(H,33,37)/t24-,27+/m1/s1. The van der Waals surface area contributed by atoms with Gasteiger partial charge in [-0.3, -0.25) is 19.2 Å². The summed E-state index contributed by atoms with van der Waals surface area (Å²) in [5.74, 6) is -0.664. The molecule has 41 heavy (non-hydrogen) atoms. The summed E-state index contributed by atoms with van der Waals surface area (Å²) in [4.78, 5) is 30.1. The Bertz CT molecular complexity index is 1450. The molecule has 0 bridgehead atoms. The second-order valence-corrected chi connectivity index (χ2v) is 12.2. The predicted molar refractivity (Wildman–Crippen MR) is 158 cm³/mol. The fourth-order valence-electron chi connectivity index (χ4n) is 5.09. The molecule has 0 saturated carbocycles. The molecule has 3 aromatic carbocycles. The van der Waals surface area contributed by atoms with Crippen molar-refractivity contribution in [2.45, 2.75) is 31.3 Å². The van der Waals surface area contributed by atoms with E-state index >= 15 is 0 Å². The van der Waals surface area contributed by atoms with Crippen molar-refractivity contribution in [2.75, 3.05) is 42.5 Å². The number of sulfonamides is 1. The van der Waals surface area contributed by atoms with Crippen LogP contribution >= 0.6 is 0 Å². The van der Waals surface area contributed by atoms with E-state index in [4.69, 9.17) is 5.73 Å². The number of carbonyl (C=O) groups is 2. The molecule has 3 aromatic rings. The van der Waals surface area contributed by atoms with Gasteiger partial charge in [-0.25, -0.2) is 12.8 Å². The molecular formula is C30H36FN5O4S. The summed E-state index contributed by atoms with van der Waals surface area (Å²) in [6.45, 7) is 1.54. The van der Waals surface area contributed by atoms with Gasteiger partial charge in [0.05, 0.1) is 18.5 Å². The van der Waals surface area contributed by atoms with Gasteiger partial charge in [-0.1, -0.05) is 54.6 Å². The first kappa shape index (κ1) is 30.2. The summed E-state index contributed by atoms with van der Waals surface area (Å²) in [5.41, 5.74) is 8.67. The molecule has 0 spiro atoms. The molecule has 2 atom stereocenters. The van der Waals surface area contributed by atoms with Gasteiger partial charge >= 0.3 is 0 Å². The minimum Gasteiger partial charge on any atom is -0.337 e. The Morgan fingerprint density at radius 2 is 1.71 bits per heavy atom. The van der Waals surface area contributed by atoms with E-state index in [0.717, 1.165) is 11.8 Å². The van der Waals surface area contributed by atoms with E-state index in [1.165, 1.54) is 6.07 Å². The molecule has 0 radical (unpaired) electrons. The van der Waals surface area contributed by atoms with Gasteiger partial charge in [0, 0.05) is 43.8 Å². The maximum Gasteiger partial charge on any atom is 0.238 e. The zero-order valence-electron chi connectivity index (χ0n) is 23.0. The van der Waals surface area contributed by atoms with E-state index in [1.807, 2.05) is 40.1 Å². The molecule has 1 fully saturated rings. The first-order chi connectivity index (χ1) is 19.6. The maximum absolute atomic E-state index is 14.1. The second kappa shape index (κ2) is 13.7. The average Bonchev–Trinajstić information content (AvgIpc) is 2.90. The van der Waals surface area contributed by atoms with Crippen molar-refractivity contribution in [3.63, 3.8) is 0 Å². The number of piperazine rings is 1. The molecule has 1 aliphatic rings. The average molecular weight is 582 g/mol. The van der Waals surface area contributed by atoms with Crippen molar-refractivity contribution >= 4 is 33.2 Å². The number of nitrogens with zero attached hydrogens (tertiary/aromatic N) is 2. The fraction of sp³-hybridized carbons (Fsp3) is 0.333. The topological polar surface area (TPSA) is 125 Å². The lowest BCUT2D eigenvalue weighted by Crippen LogP contribution is -2.57. The minimum atomic E-state index is -3.44. The van der Waals surface area contributed by atoms with E-state index in [1.54, 1.807) is 42.5 Å². The summed E-state index contributed by atoms with van der Waals surface area (Å²) >= 11 is 0. The van der Waals surface area contributed by atoms with Gasteiger partial charge < -0.3 is 16.0 Å². The van der Waals surface area contributed by atoms with E-state index in [0.29, 0.717) is 43.0 Å². The SMILES string of the molecule is CS(=O)(=O)Nc1cccc(NC(=O)CN2CCN(C(=O)C[C@H](N)Cc3ccccc3F)[C@@H](Cc3ccccc3)C2)c1. The molecule has 1 saturated heterocycles. The quantitative estimate of drug-likeness (QED) is 0.320. The first-order valence-electron chi connectivity index (χ1n) is 13.5. The highest BCUT2D eigenvalue weighted by Gasteiger charge is 2.32. The summed E-state index contributed by atoms with van der Waals surface area (Å²) in [7, 11) is -3.44. The van der Waals surface area contributed by atoms with E-state index in [9.17, 15) is 22.4 Å². The van der Waals surface area contributed by atoms with E-state index < -0.39 is 16.1 Å². The highest BCUT2D eigenvalue weighted by molar-refractivity contribution is 7.92. The lowest BCUT2D eigenvalue weighted by molar-refractivity contribution is -0.136. The van der Waals surface area contributed by atoms with Crippen molar-refractivity contribution in [1.29, 1.82) is 0 Å². The third kappa shape index (κ3) is 9.38. The predicted octanol–water partition coefficient (Wildman–Crippen LogP) is 2.85. The second-order valence-electron chi connectivity index (χ2n) is 10.4. The van der Waals surface area contributed by atoms with Crippen molar-refractivity contribution < 1.29 is 22.4 Å². The Hall–Kier alpha value is -3.80. The molecule has 11 heteroatoms. The van der Waals surface area contributed by atoms with Crippen LogP contribution in [0, 0.1) is 5.82 Å². The smallest absolute Gasteiger partial charge is 0.238 e. The van der Waals surface area contributed by atoms with Crippen molar-refractivity contribution in [3.8, 4) is 0 Å². The Kier molecular flexibility index (Phi) is 10.1. The number of anilines is 2. The number of benzene rings is 3. The lowest BCUT2D eigenvalue weighted by Gasteiger charge is -2.42. The number of rotatable bonds is 11. The molecular weight excluding hydrogens is 545 g/mol. The van der Waals surface area contributed by atoms with E-state index in [-0.39, 0.29) is 43.1 Å². The summed E-state index contributed by atoms with van der Waals surface area (Å²) in [6.07, 6.45) is 2.04. The number of hydrogen-bond donors (Lipinski definition) is 3. The van der Waals surface area contributed by atoms with Crippen LogP contribution in [-0.2, 0) is 32.5 Å². The van der Waals surface area contributed by atoms with Gasteiger partial charge in [0.25, 0.3) is 0 Å². The number of amides is 2. The van der Waals surface area contributed by atoms with Crippen LogP contribution in [-0.4, -0.2) is 74.6 Å². The van der Waals surface area contributed by atoms with Gasteiger partial charge in [0.1, 0.15) is 5.82 Å². The molecule has 0 aliphatic carbocycles. The largest absolute Gasteiger partial charge is 0.337 e. The van der Waals surface area contributed by atoms with Gasteiger partial charge in [0.2, 0.25) is 21.8 Å². The first-order valence-corrected chi connectivity index (χ1v) is 15.4. The molecule has 4 N–H and O–H groups in total. The third-order valence-electron chi connectivity index (χ3n) is 6.89.